The van der Waals surface area contributed by atoms with Crippen LogP contribution in [0.1, 0.15) is 16.3 Å². The molecule has 0 spiro atoms. The van der Waals surface area contributed by atoms with Crippen LogP contribution in [0.5, 0.6) is 0 Å². The number of hydrogen-bond donors (Lipinski definition) is 1. The third-order valence-electron chi connectivity index (χ3n) is 4.42. The molecule has 0 saturated heterocycles. The molecule has 4 rings (SSSR count). The molecule has 1 N–H and O–H groups in total. The highest BCUT2D eigenvalue weighted by molar-refractivity contribution is 9.10. The topological polar surface area (TPSA) is 59.8 Å². The van der Waals surface area contributed by atoms with E-state index in [9.17, 15) is 4.79 Å². The fourth-order valence-electron chi connectivity index (χ4n) is 3.00. The van der Waals surface area contributed by atoms with Crippen molar-refractivity contribution in [2.45, 2.75) is 18.5 Å². The lowest BCUT2D eigenvalue weighted by Crippen LogP contribution is -2.15. The van der Waals surface area contributed by atoms with Crippen LogP contribution in [0.25, 0.3) is 5.69 Å². The molecule has 2 heterocycles. The number of amides is 1. The molecule has 0 atom stereocenters. The molecule has 0 bridgehead atoms. The smallest absolute Gasteiger partial charge is 0.234 e. The summed E-state index contributed by atoms with van der Waals surface area (Å²) in [5.74, 6) is 1.03. The number of halogens is 1. The van der Waals surface area contributed by atoms with E-state index in [1.807, 2.05) is 66.1 Å². The molecule has 5 nitrogen and oxygen atoms in total. The fourth-order valence-corrected chi connectivity index (χ4v) is 4.95. The molecule has 4 aromatic rings. The van der Waals surface area contributed by atoms with Crippen molar-refractivity contribution in [1.29, 1.82) is 0 Å². The molecule has 0 radical (unpaired) electrons. The largest absolute Gasteiger partial charge is 0.325 e. The summed E-state index contributed by atoms with van der Waals surface area (Å²) in [4.78, 5) is 13.8. The van der Waals surface area contributed by atoms with Gasteiger partial charge in [0.05, 0.1) is 5.75 Å². The van der Waals surface area contributed by atoms with Crippen LogP contribution < -0.4 is 5.32 Å². The Morgan fingerprint density at radius 2 is 1.97 bits per heavy atom. The monoisotopic (exact) mass is 498 g/mol. The van der Waals surface area contributed by atoms with Gasteiger partial charge >= 0.3 is 0 Å². The molecule has 2 aromatic heterocycles. The predicted octanol–water partition coefficient (Wildman–Crippen LogP) is 5.72. The van der Waals surface area contributed by atoms with Gasteiger partial charge < -0.3 is 5.32 Å². The second-order valence-corrected chi connectivity index (χ2v) is 9.51. The highest BCUT2D eigenvalue weighted by Gasteiger charge is 2.17. The van der Waals surface area contributed by atoms with Gasteiger partial charge in [0.25, 0.3) is 0 Å². The van der Waals surface area contributed by atoms with Gasteiger partial charge in [0.2, 0.25) is 5.91 Å². The molecule has 0 aliphatic heterocycles. The molecule has 0 unspecified atom stereocenters. The lowest BCUT2D eigenvalue weighted by molar-refractivity contribution is -0.113. The van der Waals surface area contributed by atoms with Gasteiger partial charge in [-0.15, -0.1) is 21.5 Å². The number of carbonyl (C=O) groups is 1. The van der Waals surface area contributed by atoms with Crippen molar-refractivity contribution >= 4 is 50.6 Å². The summed E-state index contributed by atoms with van der Waals surface area (Å²) in [7, 11) is 0. The number of carbonyl (C=O) groups excluding carboxylic acids is 1. The minimum atomic E-state index is -0.0761. The molecule has 1 amide bonds. The van der Waals surface area contributed by atoms with Crippen LogP contribution >= 0.6 is 39.0 Å². The number of thiophene rings is 1. The Morgan fingerprint density at radius 1 is 1.13 bits per heavy atom. The van der Waals surface area contributed by atoms with Crippen molar-refractivity contribution in [3.63, 3.8) is 0 Å². The average Bonchev–Trinajstić information content (AvgIpc) is 3.39. The molecule has 152 valence electrons. The summed E-state index contributed by atoms with van der Waals surface area (Å²) in [6.07, 6.45) is 0.699. The zero-order valence-electron chi connectivity index (χ0n) is 16.2. The van der Waals surface area contributed by atoms with E-state index in [0.29, 0.717) is 11.6 Å². The maximum Gasteiger partial charge on any atom is 0.234 e. The van der Waals surface area contributed by atoms with E-state index in [4.69, 9.17) is 0 Å². The van der Waals surface area contributed by atoms with E-state index in [-0.39, 0.29) is 11.7 Å². The summed E-state index contributed by atoms with van der Waals surface area (Å²) in [6.45, 7) is 1.97. The molecule has 8 heteroatoms. The Kier molecular flexibility index (Phi) is 6.66. The molecule has 30 heavy (non-hydrogen) atoms. The Balaban J connectivity index is 1.52. The Bertz CT molecular complexity index is 1140. The average molecular weight is 499 g/mol. The molecular formula is C22H19BrN4OS2. The summed E-state index contributed by atoms with van der Waals surface area (Å²) in [6, 6.07) is 19.9. The highest BCUT2D eigenvalue weighted by Crippen LogP contribution is 2.25. The van der Waals surface area contributed by atoms with E-state index in [0.717, 1.165) is 27.2 Å². The summed E-state index contributed by atoms with van der Waals surface area (Å²) in [5.41, 5.74) is 2.81. The van der Waals surface area contributed by atoms with Gasteiger partial charge in [-0.2, -0.15) is 0 Å². The quantitative estimate of drug-likeness (QED) is 0.331. The van der Waals surface area contributed by atoms with Gasteiger partial charge in [-0.3, -0.25) is 9.36 Å². The SMILES string of the molecule is Cc1cc(Br)ccc1NC(=O)CSc1nnc(Cc2cccs2)n1-c1ccccc1. The molecule has 0 aliphatic carbocycles. The van der Waals surface area contributed by atoms with E-state index in [1.54, 1.807) is 11.3 Å². The number of nitrogens with one attached hydrogen (secondary N) is 1. The number of anilines is 1. The predicted molar refractivity (Wildman–Crippen MR) is 127 cm³/mol. The number of para-hydroxylation sites is 1. The zero-order valence-corrected chi connectivity index (χ0v) is 19.4. The first-order valence-corrected chi connectivity index (χ1v) is 12.0. The Hall–Kier alpha value is -2.42. The normalized spacial score (nSPS) is 10.9. The summed E-state index contributed by atoms with van der Waals surface area (Å²) < 4.78 is 3.02. The van der Waals surface area contributed by atoms with Gasteiger partial charge in [0.15, 0.2) is 5.16 Å². The number of hydrogen-bond acceptors (Lipinski definition) is 5. The zero-order chi connectivity index (χ0) is 20.9. The number of aryl methyl sites for hydroxylation is 1. The van der Waals surface area contributed by atoms with E-state index >= 15 is 0 Å². The van der Waals surface area contributed by atoms with Crippen molar-refractivity contribution < 1.29 is 4.79 Å². The molecular weight excluding hydrogens is 480 g/mol. The van der Waals surface area contributed by atoms with E-state index < -0.39 is 0 Å². The standard InChI is InChI=1S/C22H19BrN4OS2/c1-15-12-16(23)9-10-19(15)24-21(28)14-30-22-26-25-20(13-18-8-5-11-29-18)27(22)17-6-3-2-4-7-17/h2-12H,13-14H2,1H3,(H,24,28). The van der Waals surface area contributed by atoms with Gasteiger partial charge in [-0.05, 0) is 54.3 Å². The molecule has 0 fully saturated rings. The van der Waals surface area contributed by atoms with E-state index in [1.165, 1.54) is 16.6 Å². The number of thioether (sulfide) groups is 1. The van der Waals surface area contributed by atoms with Gasteiger partial charge in [0, 0.05) is 27.1 Å². The first-order chi connectivity index (χ1) is 14.6. The van der Waals surface area contributed by atoms with Crippen LogP contribution in [0.4, 0.5) is 5.69 Å². The number of nitrogens with zero attached hydrogens (tertiary/aromatic N) is 3. The van der Waals surface area contributed by atoms with Crippen LogP contribution in [-0.4, -0.2) is 26.4 Å². The lowest BCUT2D eigenvalue weighted by atomic mass is 10.2. The van der Waals surface area contributed by atoms with Crippen LogP contribution in [0.3, 0.4) is 0 Å². The van der Waals surface area contributed by atoms with Crippen LogP contribution in [0, 0.1) is 6.92 Å². The molecule has 0 saturated carbocycles. The number of rotatable bonds is 7. The maximum atomic E-state index is 12.5. The number of benzene rings is 2. The minimum absolute atomic E-state index is 0.0761. The first kappa shape index (κ1) is 20.8. The second kappa shape index (κ2) is 9.59. The molecule has 2 aromatic carbocycles. The van der Waals surface area contributed by atoms with Crippen LogP contribution in [0.2, 0.25) is 0 Å². The van der Waals surface area contributed by atoms with E-state index in [2.05, 4.69) is 42.9 Å². The van der Waals surface area contributed by atoms with Crippen LogP contribution in [-0.2, 0) is 11.2 Å². The third-order valence-corrected chi connectivity index (χ3v) is 6.72. The van der Waals surface area contributed by atoms with Gasteiger partial charge in [-0.1, -0.05) is 52.0 Å². The van der Waals surface area contributed by atoms with Crippen molar-refractivity contribution in [1.82, 2.24) is 14.8 Å². The highest BCUT2D eigenvalue weighted by atomic mass is 79.9. The van der Waals surface area contributed by atoms with Crippen molar-refractivity contribution in [3.05, 3.63) is 86.8 Å². The van der Waals surface area contributed by atoms with Crippen molar-refractivity contribution in [2.75, 3.05) is 11.1 Å². The van der Waals surface area contributed by atoms with Gasteiger partial charge in [-0.25, -0.2) is 0 Å². The molecule has 0 aliphatic rings. The first-order valence-electron chi connectivity index (χ1n) is 9.31. The Labute approximate surface area is 191 Å². The summed E-state index contributed by atoms with van der Waals surface area (Å²) in [5, 5.41) is 14.5. The minimum Gasteiger partial charge on any atom is -0.325 e. The van der Waals surface area contributed by atoms with Crippen LogP contribution in [0.15, 0.2) is 75.7 Å². The lowest BCUT2D eigenvalue weighted by Gasteiger charge is -2.11. The van der Waals surface area contributed by atoms with Crippen molar-refractivity contribution in [3.8, 4) is 5.69 Å². The third kappa shape index (κ3) is 5.00. The summed E-state index contributed by atoms with van der Waals surface area (Å²) >= 11 is 6.52. The van der Waals surface area contributed by atoms with Gasteiger partial charge in [0.1, 0.15) is 5.82 Å². The van der Waals surface area contributed by atoms with Crippen molar-refractivity contribution in [2.24, 2.45) is 0 Å². The fraction of sp³-hybridized carbons (Fsp3) is 0.136. The maximum absolute atomic E-state index is 12.5. The Morgan fingerprint density at radius 3 is 2.70 bits per heavy atom. The number of aromatic nitrogens is 3. The second-order valence-electron chi connectivity index (χ2n) is 6.62.